The van der Waals surface area contributed by atoms with Gasteiger partial charge in [0.2, 0.25) is 11.6 Å². The normalized spacial score (nSPS) is 11.3. The fourth-order valence-corrected chi connectivity index (χ4v) is 2.55. The second-order valence-corrected chi connectivity index (χ2v) is 5.64. The number of nitrogens with zero attached hydrogens (tertiary/aromatic N) is 4. The van der Waals surface area contributed by atoms with Gasteiger partial charge in [-0.25, -0.2) is 4.98 Å². The van der Waals surface area contributed by atoms with Crippen LogP contribution < -0.4 is 0 Å². The molecule has 2 aromatic carbocycles. The number of pyridine rings is 1. The number of hydrogen-bond acceptors (Lipinski definition) is 7. The van der Waals surface area contributed by atoms with E-state index in [1.807, 2.05) is 6.07 Å². The van der Waals surface area contributed by atoms with Gasteiger partial charge in [0.05, 0.1) is 16.2 Å². The van der Waals surface area contributed by atoms with E-state index in [9.17, 15) is 15.2 Å². The number of benzene rings is 2. The third-order valence-corrected chi connectivity index (χ3v) is 3.87. The Morgan fingerprint density at radius 1 is 1.19 bits per heavy atom. The average molecular weight is 360 g/mol. The number of oxazole rings is 1. The number of phenols is 1. The molecule has 1 N–H and O–H groups in total. The molecule has 2 heterocycles. The molecule has 0 aliphatic rings. The molecule has 0 aliphatic heterocycles. The number of aromatic hydroxyl groups is 1. The van der Waals surface area contributed by atoms with Crippen molar-refractivity contribution < 1.29 is 14.4 Å². The molecular weight excluding hydrogens is 348 g/mol. The molecule has 0 unspecified atom stereocenters. The fourth-order valence-electron chi connectivity index (χ4n) is 2.55. The Bertz CT molecular complexity index is 1170. The van der Waals surface area contributed by atoms with Crippen LogP contribution in [0, 0.1) is 10.1 Å². The standard InChI is InChI=1S/C19H12N4O4/c24-18-12(3-1-5-16(18)23(25)26)11-21-14-6-7-17-15(9-14)22-19(27-17)13-4-2-8-20-10-13/h1-11,24H. The molecule has 8 heteroatoms. The van der Waals surface area contributed by atoms with Crippen LogP contribution >= 0.6 is 0 Å². The molecule has 27 heavy (non-hydrogen) atoms. The van der Waals surface area contributed by atoms with Gasteiger partial charge < -0.3 is 9.52 Å². The van der Waals surface area contributed by atoms with Gasteiger partial charge in [0.15, 0.2) is 5.58 Å². The Balaban J connectivity index is 1.66. The summed E-state index contributed by atoms with van der Waals surface area (Å²) in [6, 6.07) is 13.1. The average Bonchev–Trinajstić information content (AvgIpc) is 3.11. The maximum absolute atomic E-state index is 10.9. The lowest BCUT2D eigenvalue weighted by Crippen LogP contribution is -1.91. The van der Waals surface area contributed by atoms with Gasteiger partial charge in [0.25, 0.3) is 0 Å². The van der Waals surface area contributed by atoms with Crippen LogP contribution in [0.15, 0.2) is 70.3 Å². The Hall–Kier alpha value is -4.07. The number of nitro groups is 1. The van der Waals surface area contributed by atoms with Gasteiger partial charge in [0.1, 0.15) is 5.52 Å². The molecule has 0 saturated heterocycles. The van der Waals surface area contributed by atoms with Crippen LogP contribution in [0.4, 0.5) is 11.4 Å². The monoisotopic (exact) mass is 360 g/mol. The minimum Gasteiger partial charge on any atom is -0.502 e. The minimum absolute atomic E-state index is 0.250. The lowest BCUT2D eigenvalue weighted by atomic mass is 10.2. The van der Waals surface area contributed by atoms with E-state index in [2.05, 4.69) is 15.0 Å². The highest BCUT2D eigenvalue weighted by Gasteiger charge is 2.15. The maximum atomic E-state index is 10.9. The summed E-state index contributed by atoms with van der Waals surface area (Å²) in [5, 5.41) is 20.9. The molecule has 0 amide bonds. The zero-order valence-electron chi connectivity index (χ0n) is 13.8. The van der Waals surface area contributed by atoms with Crippen LogP contribution in [0.2, 0.25) is 0 Å². The number of aliphatic imine (C=N–C) groups is 1. The van der Waals surface area contributed by atoms with Crippen molar-refractivity contribution in [2.75, 3.05) is 0 Å². The molecule has 132 valence electrons. The molecule has 0 spiro atoms. The van der Waals surface area contributed by atoms with Crippen molar-refractivity contribution in [3.8, 4) is 17.2 Å². The predicted octanol–water partition coefficient (Wildman–Crippen LogP) is 4.25. The number of para-hydroxylation sites is 1. The van der Waals surface area contributed by atoms with Crippen LogP contribution in [-0.4, -0.2) is 26.2 Å². The number of hydrogen-bond donors (Lipinski definition) is 1. The summed E-state index contributed by atoms with van der Waals surface area (Å²) >= 11 is 0. The Labute approximate surface area is 152 Å². The first-order valence-corrected chi connectivity index (χ1v) is 7.93. The Morgan fingerprint density at radius 2 is 2.07 bits per heavy atom. The summed E-state index contributed by atoms with van der Waals surface area (Å²) in [6.45, 7) is 0. The molecule has 0 aliphatic carbocycles. The largest absolute Gasteiger partial charge is 0.502 e. The summed E-state index contributed by atoms with van der Waals surface area (Å²) in [5.74, 6) is 0.0307. The van der Waals surface area contributed by atoms with Gasteiger partial charge in [-0.05, 0) is 36.4 Å². The van der Waals surface area contributed by atoms with Gasteiger partial charge in [0, 0.05) is 30.2 Å². The van der Waals surface area contributed by atoms with Crippen molar-refractivity contribution in [3.63, 3.8) is 0 Å². The molecule has 0 bridgehead atoms. The summed E-state index contributed by atoms with van der Waals surface area (Å²) in [5.41, 5.74) is 2.44. The topological polar surface area (TPSA) is 115 Å². The van der Waals surface area contributed by atoms with E-state index in [0.717, 1.165) is 5.56 Å². The molecule has 0 fully saturated rings. The summed E-state index contributed by atoms with van der Waals surface area (Å²) in [6.07, 6.45) is 4.70. The number of phenolic OH excluding ortho intramolecular Hbond substituents is 1. The molecule has 8 nitrogen and oxygen atoms in total. The fraction of sp³-hybridized carbons (Fsp3) is 0. The molecule has 0 radical (unpaired) electrons. The second kappa shape index (κ2) is 6.68. The van der Waals surface area contributed by atoms with Gasteiger partial charge in [-0.15, -0.1) is 0 Å². The highest BCUT2D eigenvalue weighted by Crippen LogP contribution is 2.29. The smallest absolute Gasteiger partial charge is 0.311 e. The Morgan fingerprint density at radius 3 is 2.85 bits per heavy atom. The van der Waals surface area contributed by atoms with Gasteiger partial charge in [-0.3, -0.25) is 20.1 Å². The first-order chi connectivity index (χ1) is 13.1. The number of rotatable bonds is 4. The van der Waals surface area contributed by atoms with Crippen molar-refractivity contribution in [1.29, 1.82) is 0 Å². The van der Waals surface area contributed by atoms with Gasteiger partial charge >= 0.3 is 5.69 Å². The summed E-state index contributed by atoms with van der Waals surface area (Å²) in [7, 11) is 0. The molecule has 0 atom stereocenters. The van der Waals surface area contributed by atoms with Gasteiger partial charge in [-0.2, -0.15) is 0 Å². The SMILES string of the molecule is O=[N+]([O-])c1cccc(C=Nc2ccc3oc(-c4cccnc4)nc3c2)c1O. The van der Waals surface area contributed by atoms with Crippen LogP contribution in [0.5, 0.6) is 5.75 Å². The quantitative estimate of drug-likeness (QED) is 0.330. The van der Waals surface area contributed by atoms with E-state index < -0.39 is 10.7 Å². The lowest BCUT2D eigenvalue weighted by molar-refractivity contribution is -0.385. The molecule has 4 rings (SSSR count). The van der Waals surface area contributed by atoms with E-state index in [-0.39, 0.29) is 11.3 Å². The molecule has 4 aromatic rings. The van der Waals surface area contributed by atoms with E-state index in [1.165, 1.54) is 18.3 Å². The summed E-state index contributed by atoms with van der Waals surface area (Å²) in [4.78, 5) is 23.0. The highest BCUT2D eigenvalue weighted by molar-refractivity contribution is 5.88. The molecule has 2 aromatic heterocycles. The van der Waals surface area contributed by atoms with Crippen molar-refractivity contribution >= 4 is 28.7 Å². The van der Waals surface area contributed by atoms with Crippen LogP contribution in [0.25, 0.3) is 22.6 Å². The van der Waals surface area contributed by atoms with Crippen molar-refractivity contribution in [2.24, 2.45) is 4.99 Å². The first-order valence-electron chi connectivity index (χ1n) is 7.93. The summed E-state index contributed by atoms with van der Waals surface area (Å²) < 4.78 is 5.72. The number of nitro benzene ring substituents is 1. The van der Waals surface area contributed by atoms with Crippen LogP contribution in [0.1, 0.15) is 5.56 Å². The van der Waals surface area contributed by atoms with Gasteiger partial charge in [-0.1, -0.05) is 6.07 Å². The van der Waals surface area contributed by atoms with Crippen LogP contribution in [-0.2, 0) is 0 Å². The minimum atomic E-state index is -0.645. The number of fused-ring (bicyclic) bond motifs is 1. The lowest BCUT2D eigenvalue weighted by Gasteiger charge is -1.99. The maximum Gasteiger partial charge on any atom is 0.311 e. The van der Waals surface area contributed by atoms with E-state index in [0.29, 0.717) is 22.7 Å². The van der Waals surface area contributed by atoms with E-state index in [1.54, 1.807) is 42.7 Å². The van der Waals surface area contributed by atoms with Crippen molar-refractivity contribution in [2.45, 2.75) is 0 Å². The molecular formula is C19H12N4O4. The van der Waals surface area contributed by atoms with Crippen LogP contribution in [0.3, 0.4) is 0 Å². The third-order valence-electron chi connectivity index (χ3n) is 3.87. The predicted molar refractivity (Wildman–Crippen MR) is 99.3 cm³/mol. The number of aromatic nitrogens is 2. The second-order valence-electron chi connectivity index (χ2n) is 5.64. The first kappa shape index (κ1) is 16.4. The Kier molecular flexibility index (Phi) is 4.06. The van der Waals surface area contributed by atoms with Crippen molar-refractivity contribution in [3.05, 3.63) is 76.6 Å². The van der Waals surface area contributed by atoms with E-state index in [4.69, 9.17) is 4.42 Å². The highest BCUT2D eigenvalue weighted by atomic mass is 16.6. The zero-order chi connectivity index (χ0) is 18.8. The zero-order valence-corrected chi connectivity index (χ0v) is 13.8. The van der Waals surface area contributed by atoms with Crippen molar-refractivity contribution in [1.82, 2.24) is 9.97 Å². The third kappa shape index (κ3) is 3.23. The molecule has 0 saturated carbocycles. The van der Waals surface area contributed by atoms with E-state index >= 15 is 0 Å².